The second-order valence-corrected chi connectivity index (χ2v) is 4.60. The molecule has 1 aromatic carbocycles. The van der Waals surface area contributed by atoms with Gasteiger partial charge in [0, 0.05) is 6.54 Å². The largest absolute Gasteiger partial charge is 0.316 e. The molecule has 1 aliphatic heterocycles. The van der Waals surface area contributed by atoms with E-state index in [0.717, 1.165) is 13.1 Å². The van der Waals surface area contributed by atoms with Crippen LogP contribution < -0.4 is 5.32 Å². The summed E-state index contributed by atoms with van der Waals surface area (Å²) in [5.74, 6) is 0.547. The number of rotatable bonds is 1. The van der Waals surface area contributed by atoms with Gasteiger partial charge < -0.3 is 5.32 Å². The molecule has 1 aromatic rings. The van der Waals surface area contributed by atoms with E-state index in [1.54, 1.807) is 12.1 Å². The first-order chi connectivity index (χ1) is 6.80. The fourth-order valence-electron chi connectivity index (χ4n) is 2.75. The zero-order chi connectivity index (χ0) is 9.60. The van der Waals surface area contributed by atoms with E-state index in [4.69, 9.17) is 0 Å². The van der Waals surface area contributed by atoms with E-state index in [-0.39, 0.29) is 5.82 Å². The Morgan fingerprint density at radius 1 is 1.29 bits per heavy atom. The van der Waals surface area contributed by atoms with E-state index >= 15 is 0 Å². The molecule has 0 radical (unpaired) electrons. The zero-order valence-corrected chi connectivity index (χ0v) is 8.09. The molecule has 74 valence electrons. The van der Waals surface area contributed by atoms with E-state index < -0.39 is 0 Å². The topological polar surface area (TPSA) is 12.0 Å². The molecule has 0 amide bonds. The van der Waals surface area contributed by atoms with Crippen LogP contribution in [0.2, 0.25) is 0 Å². The van der Waals surface area contributed by atoms with Crippen molar-refractivity contribution in [3.05, 3.63) is 35.6 Å². The smallest absolute Gasteiger partial charge is 0.123 e. The third-order valence-corrected chi connectivity index (χ3v) is 3.74. The number of benzene rings is 1. The molecule has 1 heterocycles. The maximum absolute atomic E-state index is 12.7. The van der Waals surface area contributed by atoms with Gasteiger partial charge in [0.1, 0.15) is 5.82 Å². The van der Waals surface area contributed by atoms with Crippen molar-refractivity contribution in [3.8, 4) is 0 Å². The third kappa shape index (κ3) is 1.17. The Morgan fingerprint density at radius 2 is 2.07 bits per heavy atom. The van der Waals surface area contributed by atoms with Gasteiger partial charge in [-0.25, -0.2) is 4.39 Å². The first-order valence-electron chi connectivity index (χ1n) is 5.26. The molecule has 1 aliphatic carbocycles. The fourth-order valence-corrected chi connectivity index (χ4v) is 2.75. The lowest BCUT2D eigenvalue weighted by atomic mass is 9.98. The Balaban J connectivity index is 1.82. The molecule has 2 aliphatic rings. The summed E-state index contributed by atoms with van der Waals surface area (Å²) in [4.78, 5) is 0. The molecule has 14 heavy (non-hydrogen) atoms. The van der Waals surface area contributed by atoms with Crippen molar-refractivity contribution in [2.45, 2.75) is 18.8 Å². The van der Waals surface area contributed by atoms with Gasteiger partial charge >= 0.3 is 0 Å². The van der Waals surface area contributed by atoms with Crippen molar-refractivity contribution in [1.29, 1.82) is 0 Å². The summed E-state index contributed by atoms with van der Waals surface area (Å²) in [7, 11) is 0. The van der Waals surface area contributed by atoms with Crippen LogP contribution in [0.3, 0.4) is 0 Å². The maximum atomic E-state index is 12.7. The molecule has 1 saturated heterocycles. The molecule has 0 bridgehead atoms. The minimum absolute atomic E-state index is 0.131. The maximum Gasteiger partial charge on any atom is 0.123 e. The van der Waals surface area contributed by atoms with Gasteiger partial charge in [0.15, 0.2) is 0 Å². The van der Waals surface area contributed by atoms with Gasteiger partial charge in [0.05, 0.1) is 0 Å². The van der Waals surface area contributed by atoms with Crippen LogP contribution in [0.4, 0.5) is 4.39 Å². The van der Waals surface area contributed by atoms with Crippen molar-refractivity contribution in [2.24, 2.45) is 5.41 Å². The van der Waals surface area contributed by atoms with Gasteiger partial charge in [-0.15, -0.1) is 0 Å². The number of halogens is 1. The van der Waals surface area contributed by atoms with Crippen molar-refractivity contribution in [1.82, 2.24) is 5.32 Å². The first kappa shape index (κ1) is 8.42. The SMILES string of the molecule is Fc1ccc(C2CC23CCNC3)cc1. The second kappa shape index (κ2) is 2.80. The molecular weight excluding hydrogens is 177 g/mol. The Bertz CT molecular complexity index is 338. The van der Waals surface area contributed by atoms with Gasteiger partial charge in [0.25, 0.3) is 0 Å². The summed E-state index contributed by atoms with van der Waals surface area (Å²) in [6, 6.07) is 7.02. The number of hydrogen-bond donors (Lipinski definition) is 1. The van der Waals surface area contributed by atoms with Crippen LogP contribution in [0.5, 0.6) is 0 Å². The Labute approximate surface area is 83.3 Å². The summed E-state index contributed by atoms with van der Waals surface area (Å²) in [6.07, 6.45) is 2.57. The molecule has 2 unspecified atom stereocenters. The van der Waals surface area contributed by atoms with Crippen LogP contribution in [0.25, 0.3) is 0 Å². The Hall–Kier alpha value is -0.890. The van der Waals surface area contributed by atoms with Gasteiger partial charge in [0.2, 0.25) is 0 Å². The van der Waals surface area contributed by atoms with Crippen molar-refractivity contribution >= 4 is 0 Å². The molecule has 1 nitrogen and oxygen atoms in total. The molecule has 2 fully saturated rings. The lowest BCUT2D eigenvalue weighted by Gasteiger charge is -2.06. The standard InChI is InChI=1S/C12H14FN/c13-10-3-1-9(2-4-10)11-7-12(11)5-6-14-8-12/h1-4,11,14H,5-8H2. The second-order valence-electron chi connectivity index (χ2n) is 4.60. The average Bonchev–Trinajstić information content (AvgIpc) is 2.68. The van der Waals surface area contributed by atoms with Crippen LogP contribution in [-0.4, -0.2) is 13.1 Å². The highest BCUT2D eigenvalue weighted by Crippen LogP contribution is 2.62. The normalized spacial score (nSPS) is 35.1. The van der Waals surface area contributed by atoms with E-state index in [0.29, 0.717) is 11.3 Å². The molecule has 2 atom stereocenters. The molecule has 1 saturated carbocycles. The molecular formula is C12H14FN. The lowest BCUT2D eigenvalue weighted by Crippen LogP contribution is -2.10. The van der Waals surface area contributed by atoms with Crippen LogP contribution in [-0.2, 0) is 0 Å². The number of nitrogens with one attached hydrogen (secondary N) is 1. The van der Waals surface area contributed by atoms with Crippen molar-refractivity contribution in [2.75, 3.05) is 13.1 Å². The Morgan fingerprint density at radius 3 is 2.71 bits per heavy atom. The van der Waals surface area contributed by atoms with Crippen LogP contribution >= 0.6 is 0 Å². The summed E-state index contributed by atoms with van der Waals surface area (Å²) in [6.45, 7) is 2.30. The molecule has 0 aromatic heterocycles. The minimum Gasteiger partial charge on any atom is -0.316 e. The quantitative estimate of drug-likeness (QED) is 0.718. The van der Waals surface area contributed by atoms with Crippen LogP contribution in [0.1, 0.15) is 24.3 Å². The van der Waals surface area contributed by atoms with E-state index in [1.165, 1.54) is 18.4 Å². The van der Waals surface area contributed by atoms with Gasteiger partial charge in [-0.05, 0) is 48.4 Å². The van der Waals surface area contributed by atoms with E-state index in [9.17, 15) is 4.39 Å². The lowest BCUT2D eigenvalue weighted by molar-refractivity contribution is 0.548. The highest BCUT2D eigenvalue weighted by Gasteiger charge is 2.55. The summed E-state index contributed by atoms with van der Waals surface area (Å²) in [5, 5.41) is 3.41. The highest BCUT2D eigenvalue weighted by atomic mass is 19.1. The van der Waals surface area contributed by atoms with Crippen LogP contribution in [0.15, 0.2) is 24.3 Å². The van der Waals surface area contributed by atoms with E-state index in [1.807, 2.05) is 12.1 Å². The van der Waals surface area contributed by atoms with Gasteiger partial charge in [-0.2, -0.15) is 0 Å². The fraction of sp³-hybridized carbons (Fsp3) is 0.500. The zero-order valence-electron chi connectivity index (χ0n) is 8.09. The molecule has 1 N–H and O–H groups in total. The first-order valence-corrected chi connectivity index (χ1v) is 5.26. The predicted molar refractivity (Wildman–Crippen MR) is 53.7 cm³/mol. The highest BCUT2D eigenvalue weighted by molar-refractivity contribution is 5.31. The van der Waals surface area contributed by atoms with Crippen molar-refractivity contribution < 1.29 is 4.39 Å². The number of hydrogen-bond acceptors (Lipinski definition) is 1. The Kier molecular flexibility index (Phi) is 1.68. The van der Waals surface area contributed by atoms with E-state index in [2.05, 4.69) is 5.32 Å². The molecule has 2 heteroatoms. The average molecular weight is 191 g/mol. The van der Waals surface area contributed by atoms with Gasteiger partial charge in [-0.1, -0.05) is 12.1 Å². The minimum atomic E-state index is -0.131. The monoisotopic (exact) mass is 191 g/mol. The third-order valence-electron chi connectivity index (χ3n) is 3.74. The van der Waals surface area contributed by atoms with Gasteiger partial charge in [-0.3, -0.25) is 0 Å². The summed E-state index contributed by atoms with van der Waals surface area (Å²) >= 11 is 0. The summed E-state index contributed by atoms with van der Waals surface area (Å²) < 4.78 is 12.7. The van der Waals surface area contributed by atoms with Crippen molar-refractivity contribution in [3.63, 3.8) is 0 Å². The van der Waals surface area contributed by atoms with Crippen LogP contribution in [0, 0.1) is 11.2 Å². The molecule has 3 rings (SSSR count). The molecule has 1 spiro atoms. The predicted octanol–water partition coefficient (Wildman–Crippen LogP) is 2.29. The summed E-state index contributed by atoms with van der Waals surface area (Å²) in [5.41, 5.74) is 1.84.